The van der Waals surface area contributed by atoms with Crippen LogP contribution in [0.25, 0.3) is 0 Å². The summed E-state index contributed by atoms with van der Waals surface area (Å²) in [6.45, 7) is 3.61. The predicted molar refractivity (Wildman–Crippen MR) is 69.3 cm³/mol. The van der Waals surface area contributed by atoms with Gasteiger partial charge in [0, 0.05) is 31.6 Å². The Morgan fingerprint density at radius 1 is 1.56 bits per heavy atom. The number of thiophene rings is 1. The Labute approximate surface area is 110 Å². The lowest BCUT2D eigenvalue weighted by molar-refractivity contribution is -0.0382. The SMILES string of the molecule is Cn1cnnc1C1CN(Cc2cccs2)CCO1. The van der Waals surface area contributed by atoms with Crippen molar-refractivity contribution >= 4 is 11.3 Å². The summed E-state index contributed by atoms with van der Waals surface area (Å²) >= 11 is 1.80. The Hall–Kier alpha value is -1.24. The molecule has 5 nitrogen and oxygen atoms in total. The van der Waals surface area contributed by atoms with Crippen molar-refractivity contribution in [2.24, 2.45) is 7.05 Å². The molecule has 0 radical (unpaired) electrons. The third-order valence-corrected chi connectivity index (χ3v) is 4.01. The molecule has 0 N–H and O–H groups in total. The van der Waals surface area contributed by atoms with E-state index >= 15 is 0 Å². The largest absolute Gasteiger partial charge is 0.368 e. The van der Waals surface area contributed by atoms with E-state index in [-0.39, 0.29) is 6.10 Å². The molecule has 1 saturated heterocycles. The maximum atomic E-state index is 5.79. The van der Waals surface area contributed by atoms with Crippen molar-refractivity contribution in [3.8, 4) is 0 Å². The number of aromatic nitrogens is 3. The number of hydrogen-bond donors (Lipinski definition) is 0. The maximum Gasteiger partial charge on any atom is 0.163 e. The van der Waals surface area contributed by atoms with E-state index in [1.54, 1.807) is 17.7 Å². The molecule has 1 unspecified atom stereocenters. The number of aryl methyl sites for hydroxylation is 1. The van der Waals surface area contributed by atoms with Crippen LogP contribution in [0.2, 0.25) is 0 Å². The third kappa shape index (κ3) is 2.45. The van der Waals surface area contributed by atoms with E-state index in [4.69, 9.17) is 4.74 Å². The van der Waals surface area contributed by atoms with E-state index in [1.807, 2.05) is 11.6 Å². The molecule has 96 valence electrons. The summed E-state index contributed by atoms with van der Waals surface area (Å²) in [5, 5.41) is 10.2. The Morgan fingerprint density at radius 3 is 3.22 bits per heavy atom. The van der Waals surface area contributed by atoms with E-state index in [0.717, 1.165) is 32.1 Å². The van der Waals surface area contributed by atoms with E-state index < -0.39 is 0 Å². The number of ether oxygens (including phenoxy) is 1. The number of nitrogens with zero attached hydrogens (tertiary/aromatic N) is 4. The molecule has 1 aliphatic heterocycles. The minimum atomic E-state index is 0.0335. The zero-order valence-corrected chi connectivity index (χ0v) is 11.1. The Bertz CT molecular complexity index is 496. The predicted octanol–water partition coefficient (Wildman–Crippen LogP) is 1.45. The summed E-state index contributed by atoms with van der Waals surface area (Å²) in [5.41, 5.74) is 0. The van der Waals surface area contributed by atoms with Crippen LogP contribution in [0.4, 0.5) is 0 Å². The van der Waals surface area contributed by atoms with Gasteiger partial charge in [-0.2, -0.15) is 0 Å². The average Bonchev–Trinajstić information content (AvgIpc) is 3.01. The van der Waals surface area contributed by atoms with Crippen LogP contribution in [-0.2, 0) is 18.3 Å². The van der Waals surface area contributed by atoms with Crippen molar-refractivity contribution in [1.82, 2.24) is 19.7 Å². The number of rotatable bonds is 3. The molecule has 0 spiro atoms. The van der Waals surface area contributed by atoms with Crippen molar-refractivity contribution < 1.29 is 4.74 Å². The van der Waals surface area contributed by atoms with Crippen LogP contribution < -0.4 is 0 Å². The van der Waals surface area contributed by atoms with Crippen LogP contribution in [0.3, 0.4) is 0 Å². The van der Waals surface area contributed by atoms with Gasteiger partial charge in [-0.25, -0.2) is 0 Å². The van der Waals surface area contributed by atoms with E-state index in [9.17, 15) is 0 Å². The fourth-order valence-electron chi connectivity index (χ4n) is 2.21. The van der Waals surface area contributed by atoms with Gasteiger partial charge in [0.1, 0.15) is 12.4 Å². The zero-order chi connectivity index (χ0) is 12.4. The standard InChI is InChI=1S/C12H16N4OS/c1-15-9-13-14-12(15)11-8-16(4-5-17-11)7-10-3-2-6-18-10/h2-3,6,9,11H,4-5,7-8H2,1H3. The van der Waals surface area contributed by atoms with E-state index in [0.29, 0.717) is 0 Å². The highest BCUT2D eigenvalue weighted by molar-refractivity contribution is 7.09. The quantitative estimate of drug-likeness (QED) is 0.841. The summed E-state index contributed by atoms with van der Waals surface area (Å²) in [5.74, 6) is 0.908. The van der Waals surface area contributed by atoms with Crippen LogP contribution in [-0.4, -0.2) is 39.4 Å². The molecule has 1 atom stereocenters. The lowest BCUT2D eigenvalue weighted by atomic mass is 10.2. The monoisotopic (exact) mass is 264 g/mol. The molecule has 6 heteroatoms. The van der Waals surface area contributed by atoms with Crippen LogP contribution in [0.1, 0.15) is 16.8 Å². The smallest absolute Gasteiger partial charge is 0.163 e. The molecule has 18 heavy (non-hydrogen) atoms. The van der Waals surface area contributed by atoms with Crippen molar-refractivity contribution in [2.75, 3.05) is 19.7 Å². The molecule has 0 amide bonds. The first-order chi connectivity index (χ1) is 8.83. The molecule has 0 saturated carbocycles. The molecule has 0 bridgehead atoms. The summed E-state index contributed by atoms with van der Waals surface area (Å²) < 4.78 is 7.72. The molecular weight excluding hydrogens is 248 g/mol. The van der Waals surface area contributed by atoms with Gasteiger partial charge in [-0.05, 0) is 11.4 Å². The second-order valence-corrected chi connectivity index (χ2v) is 5.51. The summed E-state index contributed by atoms with van der Waals surface area (Å²) in [6, 6.07) is 4.28. The van der Waals surface area contributed by atoms with Crippen molar-refractivity contribution in [2.45, 2.75) is 12.6 Å². The summed E-state index contributed by atoms with van der Waals surface area (Å²) in [7, 11) is 1.96. The zero-order valence-electron chi connectivity index (χ0n) is 10.3. The van der Waals surface area contributed by atoms with Gasteiger partial charge in [-0.15, -0.1) is 21.5 Å². The van der Waals surface area contributed by atoms with Gasteiger partial charge in [-0.1, -0.05) is 6.07 Å². The molecule has 3 rings (SSSR count). The van der Waals surface area contributed by atoms with Gasteiger partial charge in [0.2, 0.25) is 0 Å². The van der Waals surface area contributed by atoms with Crippen molar-refractivity contribution in [3.63, 3.8) is 0 Å². The van der Waals surface area contributed by atoms with Gasteiger partial charge in [-0.3, -0.25) is 4.90 Å². The van der Waals surface area contributed by atoms with Gasteiger partial charge in [0.15, 0.2) is 5.82 Å². The molecule has 0 aromatic carbocycles. The summed E-state index contributed by atoms with van der Waals surface area (Å²) in [4.78, 5) is 3.81. The highest BCUT2D eigenvalue weighted by atomic mass is 32.1. The Balaban J connectivity index is 1.67. The number of hydrogen-bond acceptors (Lipinski definition) is 5. The number of morpholine rings is 1. The molecule has 2 aromatic rings. The molecule has 1 aliphatic rings. The topological polar surface area (TPSA) is 43.2 Å². The Kier molecular flexibility index (Phi) is 3.40. The molecule has 3 heterocycles. The van der Waals surface area contributed by atoms with E-state index in [1.165, 1.54) is 4.88 Å². The first-order valence-electron chi connectivity index (χ1n) is 6.03. The van der Waals surface area contributed by atoms with Crippen molar-refractivity contribution in [3.05, 3.63) is 34.5 Å². The van der Waals surface area contributed by atoms with Crippen LogP contribution in [0, 0.1) is 0 Å². The molecule has 1 fully saturated rings. The van der Waals surface area contributed by atoms with Crippen LogP contribution >= 0.6 is 11.3 Å². The second-order valence-electron chi connectivity index (χ2n) is 4.47. The molecular formula is C12H16N4OS. The Morgan fingerprint density at radius 2 is 2.50 bits per heavy atom. The first kappa shape index (κ1) is 11.8. The van der Waals surface area contributed by atoms with Gasteiger partial charge < -0.3 is 9.30 Å². The fraction of sp³-hybridized carbons (Fsp3) is 0.500. The van der Waals surface area contributed by atoms with E-state index in [2.05, 4.69) is 32.6 Å². The third-order valence-electron chi connectivity index (χ3n) is 3.14. The van der Waals surface area contributed by atoms with Gasteiger partial charge in [0.25, 0.3) is 0 Å². The minimum absolute atomic E-state index is 0.0335. The first-order valence-corrected chi connectivity index (χ1v) is 6.91. The highest BCUT2D eigenvalue weighted by Crippen LogP contribution is 2.22. The lowest BCUT2D eigenvalue weighted by Crippen LogP contribution is -2.38. The normalized spacial score (nSPS) is 21.3. The second kappa shape index (κ2) is 5.17. The summed E-state index contributed by atoms with van der Waals surface area (Å²) in [6.07, 6.45) is 1.75. The van der Waals surface area contributed by atoms with Crippen LogP contribution in [0.5, 0.6) is 0 Å². The fourth-order valence-corrected chi connectivity index (χ4v) is 2.96. The maximum absolute atomic E-state index is 5.79. The highest BCUT2D eigenvalue weighted by Gasteiger charge is 2.25. The van der Waals surface area contributed by atoms with Gasteiger partial charge in [0.05, 0.1) is 6.61 Å². The van der Waals surface area contributed by atoms with Gasteiger partial charge >= 0.3 is 0 Å². The average molecular weight is 264 g/mol. The minimum Gasteiger partial charge on any atom is -0.368 e. The van der Waals surface area contributed by atoms with Crippen LogP contribution in [0.15, 0.2) is 23.8 Å². The lowest BCUT2D eigenvalue weighted by Gasteiger charge is -2.31. The molecule has 0 aliphatic carbocycles. The van der Waals surface area contributed by atoms with Crippen molar-refractivity contribution in [1.29, 1.82) is 0 Å². The molecule has 2 aromatic heterocycles.